The molecule has 1 heterocycles. The molecule has 0 unspecified atom stereocenters. The van der Waals surface area contributed by atoms with Crippen LogP contribution in [-0.2, 0) is 0 Å². The number of nitrogens with one attached hydrogen (secondary N) is 2. The number of carbonyl (C=O) groups excluding carboxylic acids is 1. The predicted octanol–water partition coefficient (Wildman–Crippen LogP) is 4.05. The van der Waals surface area contributed by atoms with E-state index >= 15 is 0 Å². The highest BCUT2D eigenvalue weighted by molar-refractivity contribution is 6.07. The third-order valence-corrected chi connectivity index (χ3v) is 4.23. The number of oxazole rings is 1. The fourth-order valence-electron chi connectivity index (χ4n) is 2.92. The molecule has 0 aliphatic heterocycles. The van der Waals surface area contributed by atoms with Crippen LogP contribution in [0.4, 0.5) is 5.69 Å². The Hall–Kier alpha value is -3.80. The average Bonchev–Trinajstić information content (AvgIpc) is 3.07. The first-order valence-corrected chi connectivity index (χ1v) is 8.32. The molecular formula is C21H16N2O4. The van der Waals surface area contributed by atoms with Gasteiger partial charge in [-0.15, -0.1) is 0 Å². The van der Waals surface area contributed by atoms with Gasteiger partial charge in [-0.3, -0.25) is 9.78 Å². The number of ether oxygens (including phenoxy) is 1. The molecule has 4 rings (SSSR count). The van der Waals surface area contributed by atoms with E-state index < -0.39 is 5.76 Å². The molecule has 0 saturated heterocycles. The molecule has 6 nitrogen and oxygen atoms in total. The Balaban J connectivity index is 1.68. The number of carbonyl (C=O) groups is 1. The number of rotatable bonds is 4. The van der Waals surface area contributed by atoms with Crippen molar-refractivity contribution in [1.29, 1.82) is 0 Å². The normalized spacial score (nSPS) is 10.7. The first-order chi connectivity index (χ1) is 13.1. The lowest BCUT2D eigenvalue weighted by molar-refractivity contribution is 0.102. The summed E-state index contributed by atoms with van der Waals surface area (Å²) >= 11 is 0. The number of methoxy groups -OCH3 is 1. The van der Waals surface area contributed by atoms with Crippen molar-refractivity contribution in [2.75, 3.05) is 12.4 Å². The van der Waals surface area contributed by atoms with Crippen LogP contribution in [0.1, 0.15) is 10.4 Å². The van der Waals surface area contributed by atoms with Crippen LogP contribution in [0.2, 0.25) is 0 Å². The summed E-state index contributed by atoms with van der Waals surface area (Å²) in [5.41, 5.74) is 3.82. The molecule has 0 bridgehead atoms. The van der Waals surface area contributed by atoms with E-state index in [-0.39, 0.29) is 5.91 Å². The summed E-state index contributed by atoms with van der Waals surface area (Å²) in [6.45, 7) is 0. The molecule has 134 valence electrons. The molecular weight excluding hydrogens is 344 g/mol. The zero-order valence-electron chi connectivity index (χ0n) is 14.5. The maximum atomic E-state index is 12.8. The van der Waals surface area contributed by atoms with Crippen LogP contribution < -0.4 is 15.8 Å². The zero-order chi connectivity index (χ0) is 18.8. The molecule has 0 saturated carbocycles. The Bertz CT molecular complexity index is 1180. The number of anilines is 1. The van der Waals surface area contributed by atoms with Gasteiger partial charge in [0.1, 0.15) is 5.75 Å². The SMILES string of the molecule is COc1ccc(-c2ccccc2)cc1C(=O)Nc1ccc2oc(=O)[nH]c2c1. The topological polar surface area (TPSA) is 84.3 Å². The summed E-state index contributed by atoms with van der Waals surface area (Å²) in [4.78, 5) is 26.7. The highest BCUT2D eigenvalue weighted by Crippen LogP contribution is 2.27. The molecule has 0 radical (unpaired) electrons. The van der Waals surface area contributed by atoms with Crippen molar-refractivity contribution in [2.45, 2.75) is 0 Å². The summed E-state index contributed by atoms with van der Waals surface area (Å²) in [6.07, 6.45) is 0. The number of fused-ring (bicyclic) bond motifs is 1. The van der Waals surface area contributed by atoms with Crippen LogP contribution in [0.5, 0.6) is 5.75 Å². The second-order valence-corrected chi connectivity index (χ2v) is 5.96. The number of aromatic amines is 1. The van der Waals surface area contributed by atoms with E-state index in [1.54, 1.807) is 30.3 Å². The van der Waals surface area contributed by atoms with E-state index in [4.69, 9.17) is 9.15 Å². The summed E-state index contributed by atoms with van der Waals surface area (Å²) < 4.78 is 10.3. The summed E-state index contributed by atoms with van der Waals surface area (Å²) in [5.74, 6) is -0.370. The van der Waals surface area contributed by atoms with Crippen LogP contribution in [-0.4, -0.2) is 18.0 Å². The van der Waals surface area contributed by atoms with Crippen molar-refractivity contribution in [3.8, 4) is 16.9 Å². The second kappa shape index (κ2) is 6.84. The van der Waals surface area contributed by atoms with Gasteiger partial charge < -0.3 is 14.5 Å². The molecule has 3 aromatic carbocycles. The predicted molar refractivity (Wildman–Crippen MR) is 103 cm³/mol. The van der Waals surface area contributed by atoms with Gasteiger partial charge in [0.2, 0.25) is 0 Å². The van der Waals surface area contributed by atoms with E-state index in [0.29, 0.717) is 28.1 Å². The minimum atomic E-state index is -0.536. The van der Waals surface area contributed by atoms with Gasteiger partial charge in [-0.1, -0.05) is 36.4 Å². The molecule has 1 aromatic heterocycles. The van der Waals surface area contributed by atoms with Crippen LogP contribution >= 0.6 is 0 Å². The third kappa shape index (κ3) is 3.32. The van der Waals surface area contributed by atoms with E-state index in [9.17, 15) is 9.59 Å². The van der Waals surface area contributed by atoms with Gasteiger partial charge in [-0.05, 0) is 41.5 Å². The largest absolute Gasteiger partial charge is 0.496 e. The smallest absolute Gasteiger partial charge is 0.417 e. The van der Waals surface area contributed by atoms with Crippen molar-refractivity contribution in [3.05, 3.63) is 82.8 Å². The van der Waals surface area contributed by atoms with Gasteiger partial charge in [-0.25, -0.2) is 4.79 Å². The minimum Gasteiger partial charge on any atom is -0.496 e. The molecule has 0 aliphatic carbocycles. The lowest BCUT2D eigenvalue weighted by Gasteiger charge is -2.11. The number of aromatic nitrogens is 1. The van der Waals surface area contributed by atoms with Gasteiger partial charge in [0, 0.05) is 5.69 Å². The molecule has 2 N–H and O–H groups in total. The van der Waals surface area contributed by atoms with E-state index in [1.807, 2.05) is 36.4 Å². The number of H-pyrrole nitrogens is 1. The fraction of sp³-hybridized carbons (Fsp3) is 0.0476. The monoisotopic (exact) mass is 360 g/mol. The van der Waals surface area contributed by atoms with Gasteiger partial charge in [0.15, 0.2) is 5.58 Å². The lowest BCUT2D eigenvalue weighted by Crippen LogP contribution is -2.13. The van der Waals surface area contributed by atoms with Crippen molar-refractivity contribution in [1.82, 2.24) is 4.98 Å². The number of hydrogen-bond acceptors (Lipinski definition) is 4. The quantitative estimate of drug-likeness (QED) is 0.575. The fourth-order valence-corrected chi connectivity index (χ4v) is 2.92. The Labute approximate surface area is 154 Å². The zero-order valence-corrected chi connectivity index (χ0v) is 14.5. The standard InChI is InChI=1S/C21H16N2O4/c1-26-18-9-7-14(13-5-3-2-4-6-13)11-16(18)20(24)22-15-8-10-19-17(12-15)23-21(25)27-19/h2-12H,1H3,(H,22,24)(H,23,25). The third-order valence-electron chi connectivity index (χ3n) is 4.23. The summed E-state index contributed by atoms with van der Waals surface area (Å²) in [6, 6.07) is 20.2. The van der Waals surface area contributed by atoms with Crippen molar-refractivity contribution in [2.24, 2.45) is 0 Å². The molecule has 6 heteroatoms. The van der Waals surface area contributed by atoms with Crippen LogP contribution in [0.25, 0.3) is 22.2 Å². The highest BCUT2D eigenvalue weighted by Gasteiger charge is 2.15. The minimum absolute atomic E-state index is 0.310. The first-order valence-electron chi connectivity index (χ1n) is 8.32. The van der Waals surface area contributed by atoms with E-state index in [0.717, 1.165) is 11.1 Å². The van der Waals surface area contributed by atoms with Gasteiger partial charge >= 0.3 is 5.76 Å². The number of benzene rings is 3. The molecule has 0 atom stereocenters. The molecule has 0 fully saturated rings. The van der Waals surface area contributed by atoms with E-state index in [2.05, 4.69) is 10.3 Å². The molecule has 1 amide bonds. The van der Waals surface area contributed by atoms with Crippen molar-refractivity contribution < 1.29 is 13.9 Å². The first kappa shape index (κ1) is 16.7. The summed E-state index contributed by atoms with van der Waals surface area (Å²) in [5, 5.41) is 2.83. The van der Waals surface area contributed by atoms with E-state index in [1.165, 1.54) is 7.11 Å². The highest BCUT2D eigenvalue weighted by atomic mass is 16.5. The Kier molecular flexibility index (Phi) is 4.22. The van der Waals surface area contributed by atoms with Crippen LogP contribution in [0.15, 0.2) is 75.9 Å². The Morgan fingerprint density at radius 1 is 1.00 bits per heavy atom. The number of amides is 1. The number of hydrogen-bond donors (Lipinski definition) is 2. The average molecular weight is 360 g/mol. The van der Waals surface area contributed by atoms with Crippen molar-refractivity contribution >= 4 is 22.7 Å². The maximum absolute atomic E-state index is 12.8. The maximum Gasteiger partial charge on any atom is 0.417 e. The van der Waals surface area contributed by atoms with Gasteiger partial charge in [-0.2, -0.15) is 0 Å². The van der Waals surface area contributed by atoms with Crippen LogP contribution in [0.3, 0.4) is 0 Å². The molecule has 0 aliphatic rings. The van der Waals surface area contributed by atoms with Gasteiger partial charge in [0.25, 0.3) is 5.91 Å². The molecule has 4 aromatic rings. The van der Waals surface area contributed by atoms with Crippen LogP contribution in [0, 0.1) is 0 Å². The second-order valence-electron chi connectivity index (χ2n) is 5.96. The summed E-state index contributed by atoms with van der Waals surface area (Å²) in [7, 11) is 1.52. The Morgan fingerprint density at radius 2 is 1.81 bits per heavy atom. The molecule has 27 heavy (non-hydrogen) atoms. The molecule has 0 spiro atoms. The Morgan fingerprint density at radius 3 is 2.59 bits per heavy atom. The van der Waals surface area contributed by atoms with Gasteiger partial charge in [0.05, 0.1) is 18.2 Å². The van der Waals surface area contributed by atoms with Crippen molar-refractivity contribution in [3.63, 3.8) is 0 Å². The lowest BCUT2D eigenvalue weighted by atomic mass is 10.0.